The molecule has 1 amide bonds. The summed E-state index contributed by atoms with van der Waals surface area (Å²) in [6.45, 7) is 8.69. The van der Waals surface area contributed by atoms with E-state index in [4.69, 9.17) is 4.74 Å². The highest BCUT2D eigenvalue weighted by atomic mass is 16.5. The number of carbonyl (C=O) groups is 2. The third-order valence-electron chi connectivity index (χ3n) is 5.19. The van der Waals surface area contributed by atoms with E-state index >= 15 is 0 Å². The zero-order chi connectivity index (χ0) is 20.0. The highest BCUT2D eigenvalue weighted by Crippen LogP contribution is 2.39. The Hall–Kier alpha value is -2.30. The Bertz CT molecular complexity index is 693. The minimum atomic E-state index is -0.540. The molecular formula is C22H31NO4. The Morgan fingerprint density at radius 3 is 2.41 bits per heavy atom. The number of amides is 1. The van der Waals surface area contributed by atoms with E-state index in [2.05, 4.69) is 13.8 Å². The molecule has 0 saturated heterocycles. The van der Waals surface area contributed by atoms with Crippen molar-refractivity contribution >= 4 is 11.7 Å². The predicted octanol–water partition coefficient (Wildman–Crippen LogP) is 4.59. The SMILES string of the molecule is CCCC[C@H](CC)CN1C(=O)C(O)=C(C(C)=O)[C@H]1c1ccc(OCC)cc1. The largest absolute Gasteiger partial charge is 0.503 e. The molecule has 148 valence electrons. The first-order valence-corrected chi connectivity index (χ1v) is 9.92. The Morgan fingerprint density at radius 1 is 1.22 bits per heavy atom. The molecule has 5 heteroatoms. The summed E-state index contributed by atoms with van der Waals surface area (Å²) >= 11 is 0. The molecule has 2 atom stereocenters. The number of benzene rings is 1. The Kier molecular flexibility index (Phi) is 7.45. The quantitative estimate of drug-likeness (QED) is 0.651. The fraction of sp³-hybridized carbons (Fsp3) is 0.545. The van der Waals surface area contributed by atoms with Crippen molar-refractivity contribution in [1.82, 2.24) is 4.90 Å². The lowest BCUT2D eigenvalue weighted by atomic mass is 9.94. The van der Waals surface area contributed by atoms with Crippen molar-refractivity contribution in [2.45, 2.75) is 59.4 Å². The topological polar surface area (TPSA) is 66.8 Å². The van der Waals surface area contributed by atoms with Crippen molar-refractivity contribution in [1.29, 1.82) is 0 Å². The molecule has 1 aliphatic rings. The van der Waals surface area contributed by atoms with Gasteiger partial charge in [0.15, 0.2) is 11.5 Å². The molecule has 1 aliphatic heterocycles. The number of aliphatic hydroxyl groups excluding tert-OH is 1. The Labute approximate surface area is 162 Å². The summed E-state index contributed by atoms with van der Waals surface area (Å²) in [6, 6.07) is 6.86. The van der Waals surface area contributed by atoms with Gasteiger partial charge in [-0.25, -0.2) is 0 Å². The van der Waals surface area contributed by atoms with Crippen molar-refractivity contribution in [3.8, 4) is 5.75 Å². The third-order valence-corrected chi connectivity index (χ3v) is 5.19. The number of hydrogen-bond donors (Lipinski definition) is 1. The number of carbonyl (C=O) groups excluding carboxylic acids is 2. The fourth-order valence-electron chi connectivity index (χ4n) is 3.66. The van der Waals surface area contributed by atoms with Crippen molar-refractivity contribution in [3.05, 3.63) is 41.2 Å². The molecule has 0 fully saturated rings. The summed E-state index contributed by atoms with van der Waals surface area (Å²) < 4.78 is 5.48. The van der Waals surface area contributed by atoms with Crippen LogP contribution in [0.4, 0.5) is 0 Å². The standard InChI is InChI=1S/C22H31NO4/c1-5-8-9-16(6-2)14-23-20(19(15(4)24)21(25)22(23)26)17-10-12-18(13-11-17)27-7-3/h10-13,16,20,25H,5-9,14H2,1-4H3/t16-,20+/m0/s1. The molecule has 0 radical (unpaired) electrons. The summed E-state index contributed by atoms with van der Waals surface area (Å²) in [4.78, 5) is 26.6. The van der Waals surface area contributed by atoms with Gasteiger partial charge in [0.2, 0.25) is 0 Å². The highest BCUT2D eigenvalue weighted by Gasteiger charge is 2.42. The maximum atomic E-state index is 12.7. The molecule has 0 aliphatic carbocycles. The van der Waals surface area contributed by atoms with Crippen LogP contribution in [0.15, 0.2) is 35.6 Å². The highest BCUT2D eigenvalue weighted by molar-refractivity contribution is 6.08. The van der Waals surface area contributed by atoms with Crippen molar-refractivity contribution < 1.29 is 19.4 Å². The van der Waals surface area contributed by atoms with E-state index in [1.54, 1.807) is 4.90 Å². The fourth-order valence-corrected chi connectivity index (χ4v) is 3.66. The number of nitrogens with zero attached hydrogens (tertiary/aromatic N) is 1. The maximum absolute atomic E-state index is 12.7. The first-order chi connectivity index (χ1) is 12.9. The second kappa shape index (κ2) is 9.58. The minimum Gasteiger partial charge on any atom is -0.503 e. The molecule has 1 N–H and O–H groups in total. The van der Waals surface area contributed by atoms with Gasteiger partial charge in [-0.05, 0) is 43.9 Å². The van der Waals surface area contributed by atoms with Crippen LogP contribution in [-0.4, -0.2) is 34.8 Å². The molecule has 2 rings (SSSR count). The second-order valence-electron chi connectivity index (χ2n) is 7.10. The first kappa shape index (κ1) is 21.0. The van der Waals surface area contributed by atoms with Crippen LogP contribution in [0.2, 0.25) is 0 Å². The van der Waals surface area contributed by atoms with E-state index in [9.17, 15) is 14.7 Å². The number of ketones is 1. The monoisotopic (exact) mass is 373 g/mol. The molecule has 27 heavy (non-hydrogen) atoms. The molecule has 0 spiro atoms. The van der Waals surface area contributed by atoms with E-state index in [1.165, 1.54) is 6.92 Å². The summed E-state index contributed by atoms with van der Waals surface area (Å²) in [7, 11) is 0. The van der Waals surface area contributed by atoms with Crippen LogP contribution in [0.3, 0.4) is 0 Å². The molecule has 1 aromatic carbocycles. The van der Waals surface area contributed by atoms with E-state index in [0.717, 1.165) is 37.0 Å². The molecule has 0 aromatic heterocycles. The van der Waals surface area contributed by atoms with Crippen LogP contribution in [0, 0.1) is 5.92 Å². The van der Waals surface area contributed by atoms with Crippen molar-refractivity contribution in [2.24, 2.45) is 5.92 Å². The van der Waals surface area contributed by atoms with E-state index in [-0.39, 0.29) is 11.4 Å². The molecule has 0 unspecified atom stereocenters. The van der Waals surface area contributed by atoms with Crippen LogP contribution in [0.5, 0.6) is 5.75 Å². The average molecular weight is 373 g/mol. The Balaban J connectivity index is 2.36. The zero-order valence-corrected chi connectivity index (χ0v) is 16.8. The van der Waals surface area contributed by atoms with Gasteiger partial charge in [0.25, 0.3) is 5.91 Å². The molecule has 1 heterocycles. The predicted molar refractivity (Wildman–Crippen MR) is 106 cm³/mol. The van der Waals surface area contributed by atoms with Crippen molar-refractivity contribution in [2.75, 3.05) is 13.2 Å². The van der Waals surface area contributed by atoms with Crippen LogP contribution in [-0.2, 0) is 9.59 Å². The minimum absolute atomic E-state index is 0.189. The normalized spacial score (nSPS) is 18.1. The van der Waals surface area contributed by atoms with Gasteiger partial charge < -0.3 is 14.7 Å². The number of aliphatic hydroxyl groups is 1. The van der Waals surface area contributed by atoms with Gasteiger partial charge in [-0.15, -0.1) is 0 Å². The number of unbranched alkanes of at least 4 members (excludes halogenated alkanes) is 1. The Morgan fingerprint density at radius 2 is 1.89 bits per heavy atom. The van der Waals surface area contributed by atoms with E-state index < -0.39 is 17.7 Å². The average Bonchev–Trinajstić information content (AvgIpc) is 2.90. The number of ether oxygens (including phenoxy) is 1. The van der Waals surface area contributed by atoms with Crippen LogP contribution >= 0.6 is 0 Å². The number of Topliss-reactive ketones (excluding diaryl/α,β-unsaturated/α-hetero) is 1. The summed E-state index contributed by atoms with van der Waals surface area (Å²) in [6.07, 6.45) is 4.20. The molecule has 1 aromatic rings. The summed E-state index contributed by atoms with van der Waals surface area (Å²) in [5.41, 5.74) is 1.00. The lowest BCUT2D eigenvalue weighted by molar-refractivity contribution is -0.130. The van der Waals surface area contributed by atoms with Gasteiger partial charge >= 0.3 is 0 Å². The smallest absolute Gasteiger partial charge is 0.290 e. The maximum Gasteiger partial charge on any atom is 0.290 e. The molecule has 0 saturated carbocycles. The van der Waals surface area contributed by atoms with Gasteiger partial charge in [0, 0.05) is 6.54 Å². The van der Waals surface area contributed by atoms with E-state index in [0.29, 0.717) is 19.1 Å². The van der Waals surface area contributed by atoms with Gasteiger partial charge in [0.1, 0.15) is 5.75 Å². The summed E-state index contributed by atoms with van der Waals surface area (Å²) in [5, 5.41) is 10.4. The van der Waals surface area contributed by atoms with Gasteiger partial charge in [-0.2, -0.15) is 0 Å². The van der Waals surface area contributed by atoms with Crippen molar-refractivity contribution in [3.63, 3.8) is 0 Å². The summed E-state index contributed by atoms with van der Waals surface area (Å²) in [5.74, 6) is -0.0492. The lowest BCUT2D eigenvalue weighted by Crippen LogP contribution is -2.35. The van der Waals surface area contributed by atoms with Gasteiger partial charge in [-0.3, -0.25) is 9.59 Å². The first-order valence-electron chi connectivity index (χ1n) is 9.92. The van der Waals surface area contributed by atoms with Crippen LogP contribution in [0.1, 0.15) is 65.0 Å². The van der Waals surface area contributed by atoms with Gasteiger partial charge in [-0.1, -0.05) is 45.2 Å². The molecular weight excluding hydrogens is 342 g/mol. The number of hydrogen-bond acceptors (Lipinski definition) is 4. The third kappa shape index (κ3) is 4.71. The van der Waals surface area contributed by atoms with E-state index in [1.807, 2.05) is 31.2 Å². The zero-order valence-electron chi connectivity index (χ0n) is 16.8. The molecule has 0 bridgehead atoms. The second-order valence-corrected chi connectivity index (χ2v) is 7.10. The van der Waals surface area contributed by atoms with Gasteiger partial charge in [0.05, 0.1) is 18.2 Å². The lowest BCUT2D eigenvalue weighted by Gasteiger charge is -2.30. The van der Waals surface area contributed by atoms with Crippen LogP contribution < -0.4 is 4.74 Å². The molecule has 5 nitrogen and oxygen atoms in total. The van der Waals surface area contributed by atoms with Crippen LogP contribution in [0.25, 0.3) is 0 Å². The number of rotatable bonds is 10.